The topological polar surface area (TPSA) is 75.4 Å². The number of amides is 1. The van der Waals surface area contributed by atoms with Gasteiger partial charge in [-0.1, -0.05) is 6.07 Å². The van der Waals surface area contributed by atoms with Gasteiger partial charge in [-0.25, -0.2) is 0 Å². The van der Waals surface area contributed by atoms with E-state index >= 15 is 0 Å². The summed E-state index contributed by atoms with van der Waals surface area (Å²) in [7, 11) is 0. The van der Waals surface area contributed by atoms with Crippen molar-refractivity contribution in [2.24, 2.45) is 0 Å². The molecule has 1 amide bonds. The summed E-state index contributed by atoms with van der Waals surface area (Å²) in [4.78, 5) is 15.9. The Labute approximate surface area is 104 Å². The normalized spacial score (nSPS) is 12.1. The summed E-state index contributed by atoms with van der Waals surface area (Å²) >= 11 is 0. The predicted molar refractivity (Wildman–Crippen MR) is 64.6 cm³/mol. The average molecular weight is 246 g/mol. The summed E-state index contributed by atoms with van der Waals surface area (Å²) in [5.74, 6) is -0.478. The minimum absolute atomic E-state index is 0.267. The fourth-order valence-electron chi connectivity index (χ4n) is 1.61. The molecule has 0 aliphatic carbocycles. The van der Waals surface area contributed by atoms with E-state index in [-0.39, 0.29) is 12.5 Å². The van der Waals surface area contributed by atoms with Crippen LogP contribution in [0.5, 0.6) is 0 Å². The van der Waals surface area contributed by atoms with E-state index in [1.54, 1.807) is 30.6 Å². The molecule has 5 heteroatoms. The van der Waals surface area contributed by atoms with Crippen LogP contribution < -0.4 is 5.32 Å². The van der Waals surface area contributed by atoms with Crippen molar-refractivity contribution in [3.8, 4) is 0 Å². The molecule has 1 atom stereocenters. The lowest BCUT2D eigenvalue weighted by Gasteiger charge is -2.11. The third-order valence-corrected chi connectivity index (χ3v) is 2.58. The fraction of sp³-hybridized carbons (Fsp3) is 0.231. The summed E-state index contributed by atoms with van der Waals surface area (Å²) in [6, 6.07) is 7.03. The Bertz CT molecular complexity index is 482. The maximum atomic E-state index is 11.9. The van der Waals surface area contributed by atoms with Gasteiger partial charge in [0.25, 0.3) is 0 Å². The second-order valence-corrected chi connectivity index (χ2v) is 3.83. The minimum Gasteiger partial charge on any atom is -0.468 e. The van der Waals surface area contributed by atoms with Gasteiger partial charge in [0.05, 0.1) is 12.9 Å². The second-order valence-electron chi connectivity index (χ2n) is 3.83. The van der Waals surface area contributed by atoms with Crippen LogP contribution in [-0.4, -0.2) is 22.6 Å². The fourth-order valence-corrected chi connectivity index (χ4v) is 1.61. The highest BCUT2D eigenvalue weighted by molar-refractivity contribution is 5.83. The van der Waals surface area contributed by atoms with Gasteiger partial charge in [-0.2, -0.15) is 0 Å². The Balaban J connectivity index is 1.95. The van der Waals surface area contributed by atoms with Gasteiger partial charge in [-0.05, 0) is 23.8 Å². The predicted octanol–water partition coefficient (Wildman–Crippen LogP) is 1.07. The van der Waals surface area contributed by atoms with E-state index in [9.17, 15) is 9.90 Å². The van der Waals surface area contributed by atoms with Crippen molar-refractivity contribution in [1.82, 2.24) is 10.3 Å². The summed E-state index contributed by atoms with van der Waals surface area (Å²) in [5, 5.41) is 12.0. The number of rotatable bonds is 5. The Morgan fingerprint density at radius 2 is 2.33 bits per heavy atom. The molecule has 2 heterocycles. The van der Waals surface area contributed by atoms with Gasteiger partial charge in [0.1, 0.15) is 11.7 Å². The van der Waals surface area contributed by atoms with Crippen molar-refractivity contribution >= 4 is 5.91 Å². The Hall–Kier alpha value is -2.14. The molecule has 0 aliphatic heterocycles. The third-order valence-electron chi connectivity index (χ3n) is 2.58. The van der Waals surface area contributed by atoms with Gasteiger partial charge in [0, 0.05) is 18.9 Å². The molecule has 2 aromatic rings. The number of carbonyl (C=O) groups is 1. The zero-order valence-corrected chi connectivity index (χ0v) is 9.74. The number of nitrogens with zero attached hydrogens (tertiary/aromatic N) is 1. The first kappa shape index (κ1) is 12.3. The molecule has 0 radical (unpaired) electrons. The summed E-state index contributed by atoms with van der Waals surface area (Å²) in [6.07, 6.45) is 4.83. The Morgan fingerprint density at radius 3 is 2.94 bits per heavy atom. The number of aliphatic hydroxyl groups is 1. The van der Waals surface area contributed by atoms with Gasteiger partial charge < -0.3 is 14.8 Å². The molecular weight excluding hydrogens is 232 g/mol. The zero-order valence-electron chi connectivity index (χ0n) is 9.74. The highest BCUT2D eigenvalue weighted by Crippen LogP contribution is 2.15. The molecule has 0 saturated heterocycles. The molecule has 94 valence electrons. The van der Waals surface area contributed by atoms with E-state index in [0.29, 0.717) is 12.3 Å². The molecule has 2 N–H and O–H groups in total. The van der Waals surface area contributed by atoms with E-state index in [1.807, 2.05) is 6.07 Å². The summed E-state index contributed by atoms with van der Waals surface area (Å²) in [6.45, 7) is 0.0935. The average Bonchev–Trinajstić information content (AvgIpc) is 2.92. The smallest absolute Gasteiger partial charge is 0.233 e. The molecule has 5 nitrogen and oxygen atoms in total. The van der Waals surface area contributed by atoms with Crippen LogP contribution in [0.1, 0.15) is 17.2 Å². The molecule has 0 unspecified atom stereocenters. The molecule has 0 fully saturated rings. The van der Waals surface area contributed by atoms with Crippen molar-refractivity contribution in [2.45, 2.75) is 12.5 Å². The van der Waals surface area contributed by atoms with Crippen molar-refractivity contribution in [3.63, 3.8) is 0 Å². The van der Waals surface area contributed by atoms with E-state index < -0.39 is 5.92 Å². The minimum atomic E-state index is -0.670. The van der Waals surface area contributed by atoms with Crippen LogP contribution in [-0.2, 0) is 11.3 Å². The second kappa shape index (κ2) is 5.97. The lowest BCUT2D eigenvalue weighted by atomic mass is 10.1. The molecule has 0 saturated carbocycles. The number of aliphatic hydroxyl groups excluding tert-OH is 1. The maximum Gasteiger partial charge on any atom is 0.233 e. The number of aromatic nitrogens is 1. The SMILES string of the molecule is O=C(NCc1cccnc1)[C@H](CO)c1ccco1. The van der Waals surface area contributed by atoms with Crippen LogP contribution in [0.2, 0.25) is 0 Å². The molecule has 0 spiro atoms. The number of carbonyl (C=O) groups excluding carboxylic acids is 1. The van der Waals surface area contributed by atoms with Gasteiger partial charge in [-0.15, -0.1) is 0 Å². The summed E-state index contributed by atoms with van der Waals surface area (Å²) < 4.78 is 5.13. The molecule has 2 aromatic heterocycles. The zero-order chi connectivity index (χ0) is 12.8. The maximum absolute atomic E-state index is 11.9. The van der Waals surface area contributed by atoms with Crippen LogP contribution in [0.15, 0.2) is 47.3 Å². The van der Waals surface area contributed by atoms with E-state index in [0.717, 1.165) is 5.56 Å². The highest BCUT2D eigenvalue weighted by atomic mass is 16.3. The van der Waals surface area contributed by atoms with Gasteiger partial charge in [0.15, 0.2) is 0 Å². The highest BCUT2D eigenvalue weighted by Gasteiger charge is 2.21. The van der Waals surface area contributed by atoms with Crippen molar-refractivity contribution in [1.29, 1.82) is 0 Å². The van der Waals surface area contributed by atoms with Crippen LogP contribution in [0, 0.1) is 0 Å². The summed E-state index contributed by atoms with van der Waals surface area (Å²) in [5.41, 5.74) is 0.905. The first-order valence-electron chi connectivity index (χ1n) is 5.62. The molecule has 0 aliphatic rings. The van der Waals surface area contributed by atoms with Crippen LogP contribution in [0.25, 0.3) is 0 Å². The monoisotopic (exact) mass is 246 g/mol. The largest absolute Gasteiger partial charge is 0.468 e. The first-order valence-corrected chi connectivity index (χ1v) is 5.62. The molecule has 18 heavy (non-hydrogen) atoms. The van der Waals surface area contributed by atoms with Crippen molar-refractivity contribution < 1.29 is 14.3 Å². The van der Waals surface area contributed by atoms with Crippen LogP contribution in [0.4, 0.5) is 0 Å². The molecule has 0 aromatic carbocycles. The Kier molecular flexibility index (Phi) is 4.09. The van der Waals surface area contributed by atoms with Crippen molar-refractivity contribution in [3.05, 3.63) is 54.2 Å². The van der Waals surface area contributed by atoms with E-state index in [4.69, 9.17) is 4.42 Å². The lowest BCUT2D eigenvalue weighted by molar-refractivity contribution is -0.124. The third kappa shape index (κ3) is 2.95. The number of hydrogen-bond acceptors (Lipinski definition) is 4. The first-order chi connectivity index (χ1) is 8.81. The molecular formula is C13H14N2O3. The number of pyridine rings is 1. The standard InChI is InChI=1S/C13H14N2O3/c16-9-11(12-4-2-6-18-12)13(17)15-8-10-3-1-5-14-7-10/h1-7,11,16H,8-9H2,(H,15,17)/t11-/m1/s1. The van der Waals surface area contributed by atoms with E-state index in [2.05, 4.69) is 10.3 Å². The number of furan rings is 1. The van der Waals surface area contributed by atoms with E-state index in [1.165, 1.54) is 6.26 Å². The van der Waals surface area contributed by atoms with Gasteiger partial charge in [0.2, 0.25) is 5.91 Å². The quantitative estimate of drug-likeness (QED) is 0.827. The van der Waals surface area contributed by atoms with Gasteiger partial charge >= 0.3 is 0 Å². The molecule has 0 bridgehead atoms. The number of nitrogens with one attached hydrogen (secondary N) is 1. The van der Waals surface area contributed by atoms with Gasteiger partial charge in [-0.3, -0.25) is 9.78 Å². The Morgan fingerprint density at radius 1 is 1.44 bits per heavy atom. The van der Waals surface area contributed by atoms with Crippen LogP contribution in [0.3, 0.4) is 0 Å². The van der Waals surface area contributed by atoms with Crippen LogP contribution >= 0.6 is 0 Å². The lowest BCUT2D eigenvalue weighted by Crippen LogP contribution is -2.30. The molecule has 2 rings (SSSR count). The number of hydrogen-bond donors (Lipinski definition) is 2. The van der Waals surface area contributed by atoms with Crippen molar-refractivity contribution in [2.75, 3.05) is 6.61 Å².